The van der Waals surface area contributed by atoms with Gasteiger partial charge in [-0.15, -0.1) is 0 Å². The van der Waals surface area contributed by atoms with Crippen LogP contribution in [0.2, 0.25) is 0 Å². The molecule has 0 aliphatic heterocycles. The topological polar surface area (TPSA) is 26.3 Å². The number of aryl methyl sites for hydroxylation is 1. The van der Waals surface area contributed by atoms with E-state index >= 15 is 0 Å². The molecule has 0 fully saturated rings. The lowest BCUT2D eigenvalue weighted by molar-refractivity contribution is 0.0992. The van der Waals surface area contributed by atoms with Crippen LogP contribution in [-0.2, 0) is 6.42 Å². The van der Waals surface area contributed by atoms with Crippen molar-refractivity contribution in [3.05, 3.63) is 63.6 Å². The Labute approximate surface area is 121 Å². The molecule has 0 saturated heterocycles. The van der Waals surface area contributed by atoms with Crippen LogP contribution in [0.3, 0.4) is 0 Å². The van der Waals surface area contributed by atoms with Crippen LogP contribution in [0.25, 0.3) is 0 Å². The molecule has 0 saturated carbocycles. The van der Waals surface area contributed by atoms with E-state index in [4.69, 9.17) is 4.74 Å². The minimum absolute atomic E-state index is 0.0973. The highest BCUT2D eigenvalue weighted by Crippen LogP contribution is 2.24. The van der Waals surface area contributed by atoms with Gasteiger partial charge in [0.2, 0.25) is 0 Å². The van der Waals surface area contributed by atoms with Crippen molar-refractivity contribution < 1.29 is 9.53 Å². The Morgan fingerprint density at radius 1 is 1.21 bits per heavy atom. The summed E-state index contributed by atoms with van der Waals surface area (Å²) in [6.07, 6.45) is 0.409. The zero-order valence-corrected chi connectivity index (χ0v) is 12.5. The fraction of sp³-hybridized carbons (Fsp3) is 0.188. The number of ether oxygens (including phenoxy) is 1. The minimum Gasteiger partial charge on any atom is -0.497 e. The van der Waals surface area contributed by atoms with Crippen molar-refractivity contribution in [2.45, 2.75) is 13.3 Å². The van der Waals surface area contributed by atoms with E-state index in [0.29, 0.717) is 12.0 Å². The van der Waals surface area contributed by atoms with Gasteiger partial charge in [0, 0.05) is 16.5 Å². The first kappa shape index (κ1) is 13.8. The summed E-state index contributed by atoms with van der Waals surface area (Å²) in [5.41, 5.74) is 2.88. The Morgan fingerprint density at radius 3 is 2.63 bits per heavy atom. The summed E-state index contributed by atoms with van der Waals surface area (Å²) in [5.74, 6) is 0.833. The van der Waals surface area contributed by atoms with Gasteiger partial charge < -0.3 is 4.74 Å². The number of rotatable bonds is 4. The second-order valence-corrected chi connectivity index (χ2v) is 5.29. The summed E-state index contributed by atoms with van der Waals surface area (Å²) < 4.78 is 5.89. The molecular weight excluding hydrogens is 304 g/mol. The lowest BCUT2D eigenvalue weighted by atomic mass is 10.0. The maximum Gasteiger partial charge on any atom is 0.168 e. The molecule has 0 aliphatic rings. The SMILES string of the molecule is COc1ccc(C(=O)Cc2cccc(C)c2)c(Br)c1. The predicted molar refractivity (Wildman–Crippen MR) is 79.9 cm³/mol. The Balaban J connectivity index is 2.20. The Kier molecular flexibility index (Phi) is 4.38. The summed E-state index contributed by atoms with van der Waals surface area (Å²) in [4.78, 5) is 12.3. The van der Waals surface area contributed by atoms with Crippen LogP contribution in [0.4, 0.5) is 0 Å². The number of benzene rings is 2. The molecule has 0 atom stereocenters. The number of carbonyl (C=O) groups excluding carboxylic acids is 1. The van der Waals surface area contributed by atoms with Crippen LogP contribution in [0.15, 0.2) is 46.9 Å². The van der Waals surface area contributed by atoms with Crippen LogP contribution >= 0.6 is 15.9 Å². The molecule has 0 aromatic heterocycles. The number of ketones is 1. The van der Waals surface area contributed by atoms with Gasteiger partial charge in [0.25, 0.3) is 0 Å². The Bertz CT molecular complexity index is 605. The van der Waals surface area contributed by atoms with E-state index in [1.807, 2.05) is 37.3 Å². The monoisotopic (exact) mass is 318 g/mol. The molecule has 0 spiro atoms. The van der Waals surface area contributed by atoms with Gasteiger partial charge in [0.1, 0.15) is 5.75 Å². The lowest BCUT2D eigenvalue weighted by Gasteiger charge is -2.07. The van der Waals surface area contributed by atoms with Gasteiger partial charge in [0.05, 0.1) is 7.11 Å². The van der Waals surface area contributed by atoms with Gasteiger partial charge >= 0.3 is 0 Å². The first-order chi connectivity index (χ1) is 9.10. The summed E-state index contributed by atoms with van der Waals surface area (Å²) in [7, 11) is 1.61. The maximum atomic E-state index is 12.3. The first-order valence-electron chi connectivity index (χ1n) is 6.02. The standard InChI is InChI=1S/C16H15BrO2/c1-11-4-3-5-12(8-11)9-16(18)14-7-6-13(19-2)10-15(14)17/h3-8,10H,9H2,1-2H3. The lowest BCUT2D eigenvalue weighted by Crippen LogP contribution is -2.04. The molecule has 19 heavy (non-hydrogen) atoms. The van der Waals surface area contributed by atoms with Gasteiger partial charge in [-0.3, -0.25) is 4.79 Å². The van der Waals surface area contributed by atoms with Crippen molar-refractivity contribution in [2.75, 3.05) is 7.11 Å². The van der Waals surface area contributed by atoms with Gasteiger partial charge in [-0.25, -0.2) is 0 Å². The molecule has 2 rings (SSSR count). The van der Waals surface area contributed by atoms with E-state index in [1.54, 1.807) is 19.2 Å². The highest BCUT2D eigenvalue weighted by Gasteiger charge is 2.11. The fourth-order valence-corrected chi connectivity index (χ4v) is 2.53. The molecule has 0 unspecified atom stereocenters. The molecule has 0 N–H and O–H groups in total. The predicted octanol–water partition coefficient (Wildman–Crippen LogP) is 4.19. The third-order valence-corrected chi connectivity index (χ3v) is 3.58. The fourth-order valence-electron chi connectivity index (χ4n) is 1.95. The third kappa shape index (κ3) is 3.44. The maximum absolute atomic E-state index is 12.3. The second-order valence-electron chi connectivity index (χ2n) is 4.43. The highest BCUT2D eigenvalue weighted by molar-refractivity contribution is 9.10. The summed E-state index contributed by atoms with van der Waals surface area (Å²) >= 11 is 3.42. The average Bonchev–Trinajstić information content (AvgIpc) is 2.38. The number of Topliss-reactive ketones (excluding diaryl/α,β-unsaturated/α-hetero) is 1. The van der Waals surface area contributed by atoms with Gasteiger partial charge in [-0.05, 0) is 46.6 Å². The molecule has 98 valence electrons. The van der Waals surface area contributed by atoms with Crippen molar-refractivity contribution in [3.8, 4) is 5.75 Å². The molecule has 2 aromatic rings. The first-order valence-corrected chi connectivity index (χ1v) is 6.81. The van der Waals surface area contributed by atoms with E-state index in [1.165, 1.54) is 5.56 Å². The minimum atomic E-state index is 0.0973. The number of methoxy groups -OCH3 is 1. The average molecular weight is 319 g/mol. The normalized spacial score (nSPS) is 10.3. The van der Waals surface area contributed by atoms with Crippen LogP contribution in [0, 0.1) is 6.92 Å². The third-order valence-electron chi connectivity index (χ3n) is 2.92. The van der Waals surface area contributed by atoms with E-state index in [0.717, 1.165) is 15.8 Å². The smallest absolute Gasteiger partial charge is 0.168 e. The zero-order valence-electron chi connectivity index (χ0n) is 10.9. The summed E-state index contributed by atoms with van der Waals surface area (Å²) in [6.45, 7) is 2.03. The Morgan fingerprint density at radius 2 is 2.00 bits per heavy atom. The highest BCUT2D eigenvalue weighted by atomic mass is 79.9. The zero-order chi connectivity index (χ0) is 13.8. The number of hydrogen-bond acceptors (Lipinski definition) is 2. The molecule has 0 radical (unpaired) electrons. The molecule has 0 aliphatic carbocycles. The van der Waals surface area contributed by atoms with E-state index in [2.05, 4.69) is 15.9 Å². The van der Waals surface area contributed by atoms with Crippen LogP contribution in [0.5, 0.6) is 5.75 Å². The van der Waals surface area contributed by atoms with E-state index in [-0.39, 0.29) is 5.78 Å². The van der Waals surface area contributed by atoms with Gasteiger partial charge in [0.15, 0.2) is 5.78 Å². The van der Waals surface area contributed by atoms with Crippen molar-refractivity contribution in [3.63, 3.8) is 0 Å². The second kappa shape index (κ2) is 6.02. The molecule has 2 aromatic carbocycles. The molecule has 0 bridgehead atoms. The van der Waals surface area contributed by atoms with E-state index in [9.17, 15) is 4.79 Å². The summed E-state index contributed by atoms with van der Waals surface area (Å²) in [5, 5.41) is 0. The van der Waals surface area contributed by atoms with Gasteiger partial charge in [-0.2, -0.15) is 0 Å². The molecule has 2 nitrogen and oxygen atoms in total. The van der Waals surface area contributed by atoms with Crippen LogP contribution < -0.4 is 4.74 Å². The van der Waals surface area contributed by atoms with Crippen LogP contribution in [0.1, 0.15) is 21.5 Å². The molecular formula is C16H15BrO2. The van der Waals surface area contributed by atoms with Crippen molar-refractivity contribution in [1.29, 1.82) is 0 Å². The largest absolute Gasteiger partial charge is 0.497 e. The van der Waals surface area contributed by atoms with Gasteiger partial charge in [-0.1, -0.05) is 29.8 Å². The van der Waals surface area contributed by atoms with E-state index < -0.39 is 0 Å². The molecule has 3 heteroatoms. The van der Waals surface area contributed by atoms with Crippen LogP contribution in [-0.4, -0.2) is 12.9 Å². The van der Waals surface area contributed by atoms with Crippen molar-refractivity contribution >= 4 is 21.7 Å². The number of halogens is 1. The Hall–Kier alpha value is -1.61. The number of carbonyl (C=O) groups is 1. The molecule has 0 heterocycles. The molecule has 0 amide bonds. The van der Waals surface area contributed by atoms with Crippen molar-refractivity contribution in [1.82, 2.24) is 0 Å². The number of hydrogen-bond donors (Lipinski definition) is 0. The quantitative estimate of drug-likeness (QED) is 0.790. The van der Waals surface area contributed by atoms with Crippen molar-refractivity contribution in [2.24, 2.45) is 0 Å². The summed E-state index contributed by atoms with van der Waals surface area (Å²) in [6, 6.07) is 13.4.